The van der Waals surface area contributed by atoms with Crippen molar-refractivity contribution in [1.82, 2.24) is 0 Å². The van der Waals surface area contributed by atoms with Crippen LogP contribution in [0.3, 0.4) is 0 Å². The molecule has 2 heteroatoms. The van der Waals surface area contributed by atoms with E-state index in [2.05, 4.69) is 5.92 Å². The molecule has 0 N–H and O–H groups in total. The summed E-state index contributed by atoms with van der Waals surface area (Å²) >= 11 is 0. The van der Waals surface area contributed by atoms with Gasteiger partial charge in [-0.1, -0.05) is 12.8 Å². The van der Waals surface area contributed by atoms with Gasteiger partial charge in [-0.05, 0) is 13.3 Å². The van der Waals surface area contributed by atoms with Crippen LogP contribution in [0.15, 0.2) is 0 Å². The quantitative estimate of drug-likeness (QED) is 0.448. The molecule has 0 amide bonds. The van der Waals surface area contributed by atoms with E-state index in [0.717, 1.165) is 13.0 Å². The van der Waals surface area contributed by atoms with Crippen LogP contribution < -0.4 is 0 Å². The molecular weight excluding hydrogens is 140 g/mol. The Labute approximate surface area is 67.9 Å². The summed E-state index contributed by atoms with van der Waals surface area (Å²) in [6.07, 6.45) is 6.50. The predicted molar refractivity (Wildman–Crippen MR) is 43.2 cm³/mol. The number of terminal acetylenes is 1. The van der Waals surface area contributed by atoms with E-state index in [1.165, 1.54) is 0 Å². The van der Waals surface area contributed by atoms with E-state index in [-0.39, 0.29) is 18.3 Å². The normalized spacial score (nSPS) is 27.2. The third-order valence-corrected chi connectivity index (χ3v) is 1.82. The van der Waals surface area contributed by atoms with Gasteiger partial charge in [0.05, 0.1) is 12.7 Å². The molecule has 0 aromatic heterocycles. The molecule has 1 heterocycles. The van der Waals surface area contributed by atoms with Gasteiger partial charge in [-0.2, -0.15) is 0 Å². The van der Waals surface area contributed by atoms with E-state index in [0.29, 0.717) is 0 Å². The van der Waals surface area contributed by atoms with Crippen LogP contribution in [0.1, 0.15) is 20.3 Å². The molecule has 2 nitrogen and oxygen atoms in total. The first kappa shape index (κ1) is 8.58. The second kappa shape index (κ2) is 3.75. The number of rotatable bonds is 4. The molecule has 0 spiro atoms. The SMILES string of the molecule is C#CC(CC)O[C@H](C)[C@@H]1CO1. The van der Waals surface area contributed by atoms with Crippen molar-refractivity contribution in [3.8, 4) is 12.3 Å². The van der Waals surface area contributed by atoms with Crippen molar-refractivity contribution >= 4 is 0 Å². The minimum absolute atomic E-state index is 0.0470. The standard InChI is InChI=1S/C9H14O2/c1-4-8(5-2)11-7(3)9-6-10-9/h1,7-9H,5-6H2,2-3H3/t7-,8?,9+/m1/s1. The van der Waals surface area contributed by atoms with E-state index >= 15 is 0 Å². The fraction of sp³-hybridized carbons (Fsp3) is 0.778. The Balaban J connectivity index is 2.22. The summed E-state index contributed by atoms with van der Waals surface area (Å²) in [5, 5.41) is 0. The van der Waals surface area contributed by atoms with Gasteiger partial charge in [-0.15, -0.1) is 6.42 Å². The monoisotopic (exact) mass is 154 g/mol. The first-order valence-corrected chi connectivity index (χ1v) is 4.01. The van der Waals surface area contributed by atoms with Crippen LogP contribution in [0, 0.1) is 12.3 Å². The molecule has 0 aromatic rings. The van der Waals surface area contributed by atoms with Gasteiger partial charge >= 0.3 is 0 Å². The lowest BCUT2D eigenvalue weighted by Crippen LogP contribution is -2.22. The van der Waals surface area contributed by atoms with E-state index in [1.54, 1.807) is 0 Å². The number of hydrogen-bond donors (Lipinski definition) is 0. The highest BCUT2D eigenvalue weighted by Gasteiger charge is 2.31. The average molecular weight is 154 g/mol. The topological polar surface area (TPSA) is 21.8 Å². The van der Waals surface area contributed by atoms with Crippen molar-refractivity contribution in [3.63, 3.8) is 0 Å². The second-order valence-electron chi connectivity index (χ2n) is 2.78. The molecule has 1 aliphatic heterocycles. The Morgan fingerprint density at radius 2 is 2.45 bits per heavy atom. The lowest BCUT2D eigenvalue weighted by atomic mass is 10.2. The average Bonchev–Trinajstić information content (AvgIpc) is 2.81. The molecule has 0 saturated carbocycles. The molecule has 0 bridgehead atoms. The molecule has 0 radical (unpaired) electrons. The van der Waals surface area contributed by atoms with Crippen LogP contribution in [0.25, 0.3) is 0 Å². The fourth-order valence-corrected chi connectivity index (χ4v) is 0.927. The van der Waals surface area contributed by atoms with Gasteiger partial charge in [0.1, 0.15) is 12.2 Å². The Morgan fingerprint density at radius 3 is 2.82 bits per heavy atom. The van der Waals surface area contributed by atoms with Crippen molar-refractivity contribution < 1.29 is 9.47 Å². The summed E-state index contributed by atoms with van der Waals surface area (Å²) in [7, 11) is 0. The van der Waals surface area contributed by atoms with Gasteiger partial charge in [0.15, 0.2) is 0 Å². The van der Waals surface area contributed by atoms with Crippen molar-refractivity contribution in [2.24, 2.45) is 0 Å². The van der Waals surface area contributed by atoms with Crippen molar-refractivity contribution in [2.75, 3.05) is 6.61 Å². The third kappa shape index (κ3) is 2.53. The fourth-order valence-electron chi connectivity index (χ4n) is 0.927. The molecule has 1 fully saturated rings. The number of hydrogen-bond acceptors (Lipinski definition) is 2. The highest BCUT2D eigenvalue weighted by atomic mass is 16.6. The summed E-state index contributed by atoms with van der Waals surface area (Å²) < 4.78 is 10.6. The van der Waals surface area contributed by atoms with Crippen LogP contribution >= 0.6 is 0 Å². The molecule has 0 aromatic carbocycles. The number of epoxide rings is 1. The zero-order chi connectivity index (χ0) is 8.27. The lowest BCUT2D eigenvalue weighted by Gasteiger charge is -2.14. The van der Waals surface area contributed by atoms with Crippen LogP contribution in [0.5, 0.6) is 0 Å². The molecule has 1 unspecified atom stereocenters. The van der Waals surface area contributed by atoms with Crippen molar-refractivity contribution in [1.29, 1.82) is 0 Å². The molecule has 1 aliphatic rings. The smallest absolute Gasteiger partial charge is 0.118 e. The van der Waals surface area contributed by atoms with Gasteiger partial charge in [0.2, 0.25) is 0 Å². The maximum atomic E-state index is 5.51. The highest BCUT2D eigenvalue weighted by molar-refractivity contribution is 4.95. The van der Waals surface area contributed by atoms with Gasteiger partial charge in [-0.25, -0.2) is 0 Å². The molecule has 1 rings (SSSR count). The summed E-state index contributed by atoms with van der Waals surface area (Å²) in [5.74, 6) is 2.59. The molecular formula is C9H14O2. The summed E-state index contributed by atoms with van der Waals surface area (Å²) in [6, 6.07) is 0. The first-order valence-electron chi connectivity index (χ1n) is 4.01. The van der Waals surface area contributed by atoms with Crippen LogP contribution in [0.4, 0.5) is 0 Å². The van der Waals surface area contributed by atoms with Gasteiger partial charge in [0, 0.05) is 0 Å². The van der Waals surface area contributed by atoms with Crippen molar-refractivity contribution in [2.45, 2.75) is 38.6 Å². The van der Waals surface area contributed by atoms with E-state index in [4.69, 9.17) is 15.9 Å². The van der Waals surface area contributed by atoms with Crippen molar-refractivity contribution in [3.05, 3.63) is 0 Å². The Bertz CT molecular complexity index is 155. The van der Waals surface area contributed by atoms with E-state index in [9.17, 15) is 0 Å². The van der Waals surface area contributed by atoms with Crippen LogP contribution in [-0.2, 0) is 9.47 Å². The predicted octanol–water partition coefficient (Wildman–Crippen LogP) is 1.20. The van der Waals surface area contributed by atoms with Gasteiger partial charge < -0.3 is 9.47 Å². The van der Waals surface area contributed by atoms with Gasteiger partial charge in [0.25, 0.3) is 0 Å². The lowest BCUT2D eigenvalue weighted by molar-refractivity contribution is 0.0118. The Hall–Kier alpha value is -0.520. The highest BCUT2D eigenvalue weighted by Crippen LogP contribution is 2.18. The van der Waals surface area contributed by atoms with E-state index < -0.39 is 0 Å². The van der Waals surface area contributed by atoms with Crippen LogP contribution in [-0.4, -0.2) is 24.9 Å². The minimum atomic E-state index is -0.0470. The molecule has 11 heavy (non-hydrogen) atoms. The molecule has 3 atom stereocenters. The molecule has 0 aliphatic carbocycles. The first-order chi connectivity index (χ1) is 5.27. The largest absolute Gasteiger partial charge is 0.370 e. The number of ether oxygens (including phenoxy) is 2. The van der Waals surface area contributed by atoms with Gasteiger partial charge in [-0.3, -0.25) is 0 Å². The Kier molecular flexibility index (Phi) is 2.92. The maximum Gasteiger partial charge on any atom is 0.118 e. The molecule has 62 valence electrons. The summed E-state index contributed by atoms with van der Waals surface area (Å²) in [6.45, 7) is 4.84. The second-order valence-corrected chi connectivity index (χ2v) is 2.78. The Morgan fingerprint density at radius 1 is 1.82 bits per heavy atom. The minimum Gasteiger partial charge on any atom is -0.370 e. The zero-order valence-electron chi connectivity index (χ0n) is 7.04. The van der Waals surface area contributed by atoms with E-state index in [1.807, 2.05) is 13.8 Å². The van der Waals surface area contributed by atoms with Crippen LogP contribution in [0.2, 0.25) is 0 Å². The molecule has 1 saturated heterocycles. The third-order valence-electron chi connectivity index (χ3n) is 1.82. The summed E-state index contributed by atoms with van der Waals surface area (Å²) in [4.78, 5) is 0. The summed E-state index contributed by atoms with van der Waals surface area (Å²) in [5.41, 5.74) is 0. The zero-order valence-corrected chi connectivity index (χ0v) is 7.04. The maximum absolute atomic E-state index is 5.51.